The largest absolute Gasteiger partial charge is 0.301 e. The number of carbonyl (C=O) groups excluding carboxylic acids is 1. The van der Waals surface area contributed by atoms with Crippen LogP contribution in [0.15, 0.2) is 48.5 Å². The molecule has 0 saturated carbocycles. The molecule has 2 rings (SSSR count). The fourth-order valence-corrected chi connectivity index (χ4v) is 2.01. The quantitative estimate of drug-likeness (QED) is 0.391. The van der Waals surface area contributed by atoms with Crippen molar-refractivity contribution >= 4 is 17.2 Å². The Balaban J connectivity index is 2.38. The number of nitro groups is 1. The summed E-state index contributed by atoms with van der Waals surface area (Å²) in [4.78, 5) is 22.5. The maximum absolute atomic E-state index is 11.9. The molecular weight excluding hydrogens is 268 g/mol. The molecule has 0 fully saturated rings. The Bertz CT molecular complexity index is 706. The summed E-state index contributed by atoms with van der Waals surface area (Å²) in [6, 6.07) is 13.0. The highest BCUT2D eigenvalue weighted by atomic mass is 16.6. The molecule has 2 aromatic carbocycles. The van der Waals surface area contributed by atoms with E-state index >= 15 is 0 Å². The molecule has 0 heterocycles. The summed E-state index contributed by atoms with van der Waals surface area (Å²) < 4.78 is 0. The van der Waals surface area contributed by atoms with Gasteiger partial charge in [-0.15, -0.1) is 0 Å². The van der Waals surface area contributed by atoms with Gasteiger partial charge in [-0.2, -0.15) is 0 Å². The van der Waals surface area contributed by atoms with Gasteiger partial charge in [-0.1, -0.05) is 43.3 Å². The van der Waals surface area contributed by atoms with Crippen LogP contribution >= 0.6 is 0 Å². The minimum Gasteiger partial charge on any atom is -0.301 e. The Labute approximate surface area is 121 Å². The predicted octanol–water partition coefficient (Wildman–Crippen LogP) is 3.87. The second-order valence-corrected chi connectivity index (χ2v) is 4.51. The van der Waals surface area contributed by atoms with E-state index < -0.39 is 4.92 Å². The zero-order valence-electron chi connectivity index (χ0n) is 11.5. The van der Waals surface area contributed by atoms with E-state index in [4.69, 9.17) is 5.41 Å². The Morgan fingerprint density at radius 1 is 1.14 bits per heavy atom. The van der Waals surface area contributed by atoms with Crippen LogP contribution in [-0.2, 0) is 0 Å². The van der Waals surface area contributed by atoms with Crippen molar-refractivity contribution in [2.75, 3.05) is 0 Å². The fourth-order valence-electron chi connectivity index (χ4n) is 2.01. The van der Waals surface area contributed by atoms with Crippen LogP contribution in [0.3, 0.4) is 0 Å². The molecule has 1 N–H and O–H groups in total. The summed E-state index contributed by atoms with van der Waals surface area (Å²) in [5.41, 5.74) is 1.67. The lowest BCUT2D eigenvalue weighted by Gasteiger charge is -2.05. The van der Waals surface area contributed by atoms with Crippen LogP contribution in [0, 0.1) is 15.5 Å². The number of para-hydroxylation sites is 1. The monoisotopic (exact) mass is 282 g/mol. The third kappa shape index (κ3) is 3.02. The summed E-state index contributed by atoms with van der Waals surface area (Å²) in [5, 5.41) is 18.6. The predicted molar refractivity (Wildman–Crippen MR) is 80.9 cm³/mol. The third-order valence-corrected chi connectivity index (χ3v) is 3.19. The fraction of sp³-hybridized carbons (Fsp3) is 0.125. The van der Waals surface area contributed by atoms with Gasteiger partial charge < -0.3 is 5.41 Å². The molecule has 106 valence electrons. The maximum Gasteiger partial charge on any atom is 0.277 e. The van der Waals surface area contributed by atoms with Crippen molar-refractivity contribution in [1.29, 1.82) is 5.41 Å². The number of benzene rings is 2. The molecule has 0 aliphatic rings. The van der Waals surface area contributed by atoms with Crippen molar-refractivity contribution in [2.24, 2.45) is 0 Å². The second kappa shape index (κ2) is 6.09. The highest BCUT2D eigenvalue weighted by molar-refractivity contribution is 6.44. The summed E-state index contributed by atoms with van der Waals surface area (Å²) in [5.74, 6) is -0.313. The molecule has 5 heteroatoms. The van der Waals surface area contributed by atoms with E-state index in [1.54, 1.807) is 49.4 Å². The molecule has 0 aliphatic heterocycles. The van der Waals surface area contributed by atoms with Gasteiger partial charge in [0.25, 0.3) is 5.69 Å². The summed E-state index contributed by atoms with van der Waals surface area (Å²) >= 11 is 0. The van der Waals surface area contributed by atoms with Gasteiger partial charge in [0.1, 0.15) is 0 Å². The number of carbonyl (C=O) groups is 1. The van der Waals surface area contributed by atoms with E-state index in [-0.39, 0.29) is 17.2 Å². The number of hydrogen-bond donors (Lipinski definition) is 1. The highest BCUT2D eigenvalue weighted by Gasteiger charge is 2.15. The van der Waals surface area contributed by atoms with Crippen LogP contribution in [0.2, 0.25) is 0 Å². The summed E-state index contributed by atoms with van der Waals surface area (Å²) in [6.45, 7) is 1.75. The van der Waals surface area contributed by atoms with Crippen molar-refractivity contribution in [3.63, 3.8) is 0 Å². The van der Waals surface area contributed by atoms with Gasteiger partial charge in [-0.3, -0.25) is 14.9 Å². The Morgan fingerprint density at radius 3 is 2.33 bits per heavy atom. The molecule has 0 aromatic heterocycles. The topological polar surface area (TPSA) is 84.1 Å². The number of nitro benzene ring substituents is 1. The molecule has 0 unspecified atom stereocenters. The number of nitrogens with zero attached hydrogens (tertiary/aromatic N) is 1. The molecule has 0 amide bonds. The maximum atomic E-state index is 11.9. The lowest BCUT2D eigenvalue weighted by Crippen LogP contribution is -2.11. The van der Waals surface area contributed by atoms with Gasteiger partial charge in [0.05, 0.1) is 16.2 Å². The molecule has 0 saturated heterocycles. The van der Waals surface area contributed by atoms with Crippen molar-refractivity contribution in [3.8, 4) is 11.1 Å². The Morgan fingerprint density at radius 2 is 1.76 bits per heavy atom. The second-order valence-electron chi connectivity index (χ2n) is 4.51. The van der Waals surface area contributed by atoms with Gasteiger partial charge in [0, 0.05) is 11.6 Å². The molecule has 0 atom stereocenters. The van der Waals surface area contributed by atoms with Crippen molar-refractivity contribution in [2.45, 2.75) is 13.3 Å². The van der Waals surface area contributed by atoms with Crippen LogP contribution in [0.4, 0.5) is 5.69 Å². The van der Waals surface area contributed by atoms with E-state index in [1.807, 2.05) is 0 Å². The van der Waals surface area contributed by atoms with Crippen molar-refractivity contribution in [1.82, 2.24) is 0 Å². The van der Waals surface area contributed by atoms with Gasteiger partial charge >= 0.3 is 0 Å². The van der Waals surface area contributed by atoms with Gasteiger partial charge in [-0.05, 0) is 18.1 Å². The number of Topliss-reactive ketones (excluding diaryl/α,β-unsaturated/α-hetero) is 1. The minimum atomic E-state index is -0.429. The first kappa shape index (κ1) is 14.6. The Kier molecular flexibility index (Phi) is 4.23. The Hall–Kier alpha value is -2.82. The lowest BCUT2D eigenvalue weighted by atomic mass is 9.99. The molecule has 0 radical (unpaired) electrons. The summed E-state index contributed by atoms with van der Waals surface area (Å²) in [6.07, 6.45) is 0.380. The molecule has 0 aliphatic carbocycles. The highest BCUT2D eigenvalue weighted by Crippen LogP contribution is 2.29. The van der Waals surface area contributed by atoms with Crippen LogP contribution in [0.25, 0.3) is 11.1 Å². The summed E-state index contributed by atoms with van der Waals surface area (Å²) in [7, 11) is 0. The zero-order valence-corrected chi connectivity index (χ0v) is 11.5. The average Bonchev–Trinajstić information content (AvgIpc) is 2.53. The number of ketones is 1. The van der Waals surface area contributed by atoms with E-state index in [9.17, 15) is 14.9 Å². The standard InChI is InChI=1S/C16H14N2O3/c1-2-14(17)16(19)12-9-7-11(8-10-12)13-5-3-4-6-15(13)18(20)21/h3-10,17H,2H2,1H3. The molecule has 5 nitrogen and oxygen atoms in total. The molecule has 0 spiro atoms. The zero-order chi connectivity index (χ0) is 15.4. The van der Waals surface area contributed by atoms with Crippen LogP contribution < -0.4 is 0 Å². The third-order valence-electron chi connectivity index (χ3n) is 3.19. The van der Waals surface area contributed by atoms with E-state index in [0.717, 1.165) is 0 Å². The van der Waals surface area contributed by atoms with Gasteiger partial charge in [-0.25, -0.2) is 0 Å². The number of hydrogen-bond acceptors (Lipinski definition) is 4. The SMILES string of the molecule is CCC(=N)C(=O)c1ccc(-c2ccccc2[N+](=O)[O-])cc1. The normalized spacial score (nSPS) is 10.1. The van der Waals surface area contributed by atoms with E-state index in [0.29, 0.717) is 23.1 Å². The minimum absolute atomic E-state index is 0.0258. The first-order valence-electron chi connectivity index (χ1n) is 6.50. The van der Waals surface area contributed by atoms with Crippen molar-refractivity contribution in [3.05, 3.63) is 64.2 Å². The van der Waals surface area contributed by atoms with Crippen LogP contribution in [0.5, 0.6) is 0 Å². The van der Waals surface area contributed by atoms with E-state index in [2.05, 4.69) is 0 Å². The molecular formula is C16H14N2O3. The van der Waals surface area contributed by atoms with Crippen molar-refractivity contribution < 1.29 is 9.72 Å². The molecule has 0 bridgehead atoms. The van der Waals surface area contributed by atoms with Gasteiger partial charge in [0.2, 0.25) is 5.78 Å². The van der Waals surface area contributed by atoms with Gasteiger partial charge in [0.15, 0.2) is 0 Å². The average molecular weight is 282 g/mol. The van der Waals surface area contributed by atoms with E-state index in [1.165, 1.54) is 6.07 Å². The molecule has 2 aromatic rings. The van der Waals surface area contributed by atoms with Crippen LogP contribution in [-0.4, -0.2) is 16.4 Å². The first-order chi connectivity index (χ1) is 10.0. The molecule has 21 heavy (non-hydrogen) atoms. The first-order valence-corrected chi connectivity index (χ1v) is 6.50. The van der Waals surface area contributed by atoms with Crippen LogP contribution in [0.1, 0.15) is 23.7 Å². The number of nitrogens with one attached hydrogen (secondary N) is 1. The smallest absolute Gasteiger partial charge is 0.277 e. The lowest BCUT2D eigenvalue weighted by molar-refractivity contribution is -0.384. The number of rotatable bonds is 5.